The van der Waals surface area contributed by atoms with E-state index in [2.05, 4.69) is 9.97 Å². The first-order valence-electron chi connectivity index (χ1n) is 5.36. The Bertz CT molecular complexity index is 753. The van der Waals surface area contributed by atoms with E-state index in [1.807, 2.05) is 28.7 Å². The molecule has 0 atom stereocenters. The van der Waals surface area contributed by atoms with Crippen LogP contribution in [0.3, 0.4) is 0 Å². The van der Waals surface area contributed by atoms with Crippen LogP contribution in [0, 0.1) is 25.0 Å². The molecule has 0 aliphatic rings. The van der Waals surface area contributed by atoms with Crippen molar-refractivity contribution in [2.45, 2.75) is 0 Å². The number of nitrogens with zero attached hydrogens (tertiary/aromatic N) is 4. The lowest BCUT2D eigenvalue weighted by Crippen LogP contribution is -2.02. The van der Waals surface area contributed by atoms with Gasteiger partial charge < -0.3 is 16.2 Å². The minimum absolute atomic E-state index is 0.0225. The summed E-state index contributed by atoms with van der Waals surface area (Å²) < 4.78 is 5.78. The van der Waals surface area contributed by atoms with Gasteiger partial charge in [-0.25, -0.2) is 0 Å². The Labute approximate surface area is 131 Å². The molecule has 0 aliphatic heterocycles. The highest BCUT2D eigenvalue weighted by molar-refractivity contribution is 14.1. The number of benzene rings is 1. The molecule has 0 radical (unpaired) electrons. The first-order chi connectivity index (χ1) is 9.90. The summed E-state index contributed by atoms with van der Waals surface area (Å²) in [7, 11) is 0. The summed E-state index contributed by atoms with van der Waals surface area (Å²) in [5.41, 5.74) is 10.7. The molecule has 0 aliphatic carbocycles. The molecule has 0 bridgehead atoms. The van der Waals surface area contributed by atoms with Gasteiger partial charge in [0.15, 0.2) is 0 Å². The molecular weight excluding hydrogens is 391 g/mol. The zero-order valence-electron chi connectivity index (χ0n) is 10.3. The standard InChI is InChI=1S/C11H7IN6O3/c12-6-1-5(4-13)2-7(18(19)20)10(6)21-9-3-8(14)16-11(15)17-9/h1-3H,(H4,14,15,16,17). The zero-order valence-corrected chi connectivity index (χ0v) is 12.4. The number of ether oxygens (including phenoxy) is 1. The Morgan fingerprint density at radius 1 is 1.33 bits per heavy atom. The lowest BCUT2D eigenvalue weighted by atomic mass is 10.2. The Morgan fingerprint density at radius 3 is 2.62 bits per heavy atom. The van der Waals surface area contributed by atoms with Crippen molar-refractivity contribution >= 4 is 40.0 Å². The summed E-state index contributed by atoms with van der Waals surface area (Å²) in [6.07, 6.45) is 0. The lowest BCUT2D eigenvalue weighted by Gasteiger charge is -2.08. The second-order valence-electron chi connectivity index (χ2n) is 3.77. The average Bonchev–Trinajstić information content (AvgIpc) is 2.39. The Balaban J connectivity index is 2.53. The minimum atomic E-state index is -0.647. The highest BCUT2D eigenvalue weighted by Crippen LogP contribution is 2.36. The summed E-state index contributed by atoms with van der Waals surface area (Å²) in [6.45, 7) is 0. The van der Waals surface area contributed by atoms with Gasteiger partial charge in [-0.1, -0.05) is 0 Å². The molecule has 10 heteroatoms. The Kier molecular flexibility index (Phi) is 4.03. The fourth-order valence-electron chi connectivity index (χ4n) is 1.50. The smallest absolute Gasteiger partial charge is 0.314 e. The number of anilines is 2. The van der Waals surface area contributed by atoms with E-state index in [1.54, 1.807) is 0 Å². The topological polar surface area (TPSA) is 154 Å². The third-order valence-corrected chi connectivity index (χ3v) is 3.10. The van der Waals surface area contributed by atoms with Gasteiger partial charge >= 0.3 is 5.69 Å². The van der Waals surface area contributed by atoms with Gasteiger partial charge in [0, 0.05) is 12.1 Å². The number of nitrogens with two attached hydrogens (primary N) is 2. The summed E-state index contributed by atoms with van der Waals surface area (Å²) in [5, 5.41) is 19.9. The lowest BCUT2D eigenvalue weighted by molar-refractivity contribution is -0.385. The van der Waals surface area contributed by atoms with Crippen molar-refractivity contribution in [3.8, 4) is 17.7 Å². The zero-order chi connectivity index (χ0) is 15.6. The van der Waals surface area contributed by atoms with E-state index >= 15 is 0 Å². The molecule has 0 unspecified atom stereocenters. The van der Waals surface area contributed by atoms with Gasteiger partial charge in [-0.15, -0.1) is 0 Å². The predicted molar refractivity (Wildman–Crippen MR) is 81.5 cm³/mol. The van der Waals surface area contributed by atoms with E-state index in [9.17, 15) is 10.1 Å². The molecule has 1 heterocycles. The molecule has 0 fully saturated rings. The molecular formula is C11H7IN6O3. The van der Waals surface area contributed by atoms with Crippen LogP contribution >= 0.6 is 22.6 Å². The average molecular weight is 398 g/mol. The fourth-order valence-corrected chi connectivity index (χ4v) is 2.22. The van der Waals surface area contributed by atoms with Gasteiger partial charge in [0.25, 0.3) is 0 Å². The molecule has 9 nitrogen and oxygen atoms in total. The summed E-state index contributed by atoms with van der Waals surface area (Å²) in [4.78, 5) is 17.9. The SMILES string of the molecule is N#Cc1cc(I)c(Oc2cc(N)nc(N)n2)c([N+](=O)[O-])c1. The largest absolute Gasteiger partial charge is 0.430 e. The van der Waals surface area contributed by atoms with Crippen molar-refractivity contribution in [3.63, 3.8) is 0 Å². The van der Waals surface area contributed by atoms with Crippen LogP contribution in [0.1, 0.15) is 5.56 Å². The highest BCUT2D eigenvalue weighted by Gasteiger charge is 2.22. The van der Waals surface area contributed by atoms with Crippen LogP contribution < -0.4 is 16.2 Å². The number of nitrogen functional groups attached to an aromatic ring is 2. The molecule has 0 amide bonds. The molecule has 21 heavy (non-hydrogen) atoms. The summed E-state index contributed by atoms with van der Waals surface area (Å²) in [6, 6.07) is 5.70. The number of halogens is 1. The number of hydrogen-bond donors (Lipinski definition) is 2. The van der Waals surface area contributed by atoms with Crippen molar-refractivity contribution in [3.05, 3.63) is 37.4 Å². The number of rotatable bonds is 3. The van der Waals surface area contributed by atoms with Gasteiger partial charge in [-0.05, 0) is 28.7 Å². The first kappa shape index (κ1) is 14.7. The second kappa shape index (κ2) is 5.75. The van der Waals surface area contributed by atoms with Crippen LogP contribution in [0.4, 0.5) is 17.5 Å². The number of nitro groups is 1. The molecule has 4 N–H and O–H groups in total. The molecule has 0 saturated heterocycles. The molecule has 1 aromatic carbocycles. The van der Waals surface area contributed by atoms with Crippen molar-refractivity contribution in [1.29, 1.82) is 5.26 Å². The van der Waals surface area contributed by atoms with Gasteiger partial charge in [0.1, 0.15) is 5.82 Å². The quantitative estimate of drug-likeness (QED) is 0.451. The van der Waals surface area contributed by atoms with Crippen molar-refractivity contribution < 1.29 is 9.66 Å². The van der Waals surface area contributed by atoms with Crippen molar-refractivity contribution in [2.24, 2.45) is 0 Å². The molecule has 0 saturated carbocycles. The molecule has 0 spiro atoms. The minimum Gasteiger partial charge on any atom is -0.430 e. The normalized spacial score (nSPS) is 9.90. The van der Waals surface area contributed by atoms with Crippen LogP contribution in [-0.4, -0.2) is 14.9 Å². The fraction of sp³-hybridized carbons (Fsp3) is 0. The van der Waals surface area contributed by atoms with Crippen LogP contribution in [0.2, 0.25) is 0 Å². The van der Waals surface area contributed by atoms with Crippen LogP contribution in [0.25, 0.3) is 0 Å². The molecule has 1 aromatic heterocycles. The number of nitriles is 1. The van der Waals surface area contributed by atoms with E-state index in [-0.39, 0.29) is 34.6 Å². The number of hydrogen-bond acceptors (Lipinski definition) is 8. The Hall–Kier alpha value is -2.68. The van der Waals surface area contributed by atoms with Crippen molar-refractivity contribution in [1.82, 2.24) is 9.97 Å². The molecule has 106 valence electrons. The van der Waals surface area contributed by atoms with Crippen LogP contribution in [0.15, 0.2) is 18.2 Å². The first-order valence-corrected chi connectivity index (χ1v) is 6.44. The molecule has 2 rings (SSSR count). The van der Waals surface area contributed by atoms with Crippen LogP contribution in [0.5, 0.6) is 11.6 Å². The second-order valence-corrected chi connectivity index (χ2v) is 4.93. The number of nitro benzene ring substituents is 1. The third kappa shape index (κ3) is 3.26. The monoisotopic (exact) mass is 398 g/mol. The van der Waals surface area contributed by atoms with E-state index in [1.165, 1.54) is 12.1 Å². The van der Waals surface area contributed by atoms with Gasteiger partial charge in [-0.3, -0.25) is 10.1 Å². The number of aromatic nitrogens is 2. The van der Waals surface area contributed by atoms with E-state index in [0.717, 1.165) is 6.07 Å². The predicted octanol–water partition coefficient (Wildman–Crippen LogP) is 1.82. The summed E-state index contributed by atoms with van der Waals surface area (Å²) >= 11 is 1.83. The highest BCUT2D eigenvalue weighted by atomic mass is 127. The maximum Gasteiger partial charge on any atom is 0.314 e. The summed E-state index contributed by atoms with van der Waals surface area (Å²) in [5.74, 6) is -0.108. The van der Waals surface area contributed by atoms with Gasteiger partial charge in [0.05, 0.1) is 20.1 Å². The van der Waals surface area contributed by atoms with Gasteiger partial charge in [0.2, 0.25) is 17.6 Å². The van der Waals surface area contributed by atoms with E-state index < -0.39 is 4.92 Å². The van der Waals surface area contributed by atoms with E-state index in [0.29, 0.717) is 3.57 Å². The Morgan fingerprint density at radius 2 is 2.05 bits per heavy atom. The van der Waals surface area contributed by atoms with Crippen LogP contribution in [-0.2, 0) is 0 Å². The van der Waals surface area contributed by atoms with Gasteiger partial charge in [-0.2, -0.15) is 15.2 Å². The maximum absolute atomic E-state index is 11.1. The van der Waals surface area contributed by atoms with Crippen molar-refractivity contribution in [2.75, 3.05) is 11.5 Å². The van der Waals surface area contributed by atoms with E-state index in [4.69, 9.17) is 21.5 Å². The molecule has 2 aromatic rings. The third-order valence-electron chi connectivity index (χ3n) is 2.30. The maximum atomic E-state index is 11.1.